The van der Waals surface area contributed by atoms with Gasteiger partial charge in [-0.15, -0.1) is 0 Å². The van der Waals surface area contributed by atoms with Crippen LogP contribution in [0.25, 0.3) is 0 Å². The van der Waals surface area contributed by atoms with Gasteiger partial charge >= 0.3 is 0 Å². The molecule has 0 spiro atoms. The Morgan fingerprint density at radius 3 is 2.42 bits per heavy atom. The third kappa shape index (κ3) is 6.56. The van der Waals surface area contributed by atoms with Crippen molar-refractivity contribution in [3.63, 3.8) is 0 Å². The minimum absolute atomic E-state index is 0.0832. The molecule has 1 aliphatic heterocycles. The van der Waals surface area contributed by atoms with Gasteiger partial charge in [0.1, 0.15) is 5.75 Å². The molecule has 1 unspecified atom stereocenters. The second-order valence-corrected chi connectivity index (χ2v) is 8.52. The molecule has 2 aromatic carbocycles. The van der Waals surface area contributed by atoms with E-state index in [9.17, 15) is 9.59 Å². The summed E-state index contributed by atoms with van der Waals surface area (Å²) >= 11 is 0. The Balaban J connectivity index is 1.44. The van der Waals surface area contributed by atoms with Gasteiger partial charge in [0.05, 0.1) is 6.10 Å². The van der Waals surface area contributed by atoms with Crippen molar-refractivity contribution in [3.8, 4) is 5.75 Å². The maximum Gasteiger partial charge on any atom is 0.262 e. The fraction of sp³-hybridized carbons (Fsp3) is 0.440. The van der Waals surface area contributed by atoms with Crippen LogP contribution in [0.2, 0.25) is 0 Å². The fourth-order valence-corrected chi connectivity index (χ4v) is 3.37. The maximum atomic E-state index is 12.2. The molecular formula is C25H32N2O4. The molecule has 1 heterocycles. The van der Waals surface area contributed by atoms with E-state index in [0.29, 0.717) is 23.5 Å². The standard InChI is InChI=1S/C25H32N2O4/c1-4-25(2,3)19-9-13-21(14-10-19)31-17-23(28)27-20-11-7-18(8-12-20)24(29)26-16-22-6-5-15-30-22/h7-14,22H,4-6,15-17H2,1-3H3,(H,26,29)(H,27,28). The molecule has 2 amide bonds. The van der Waals surface area contributed by atoms with Crippen LogP contribution in [0.15, 0.2) is 48.5 Å². The summed E-state index contributed by atoms with van der Waals surface area (Å²) in [6.07, 6.45) is 3.18. The largest absolute Gasteiger partial charge is 0.484 e. The lowest BCUT2D eigenvalue weighted by molar-refractivity contribution is -0.118. The van der Waals surface area contributed by atoms with Crippen molar-refractivity contribution >= 4 is 17.5 Å². The quantitative estimate of drug-likeness (QED) is 0.629. The zero-order valence-electron chi connectivity index (χ0n) is 18.6. The minimum Gasteiger partial charge on any atom is -0.484 e. The number of nitrogens with one attached hydrogen (secondary N) is 2. The SMILES string of the molecule is CCC(C)(C)c1ccc(OCC(=O)Nc2ccc(C(=O)NCC3CCCO3)cc2)cc1. The van der Waals surface area contributed by atoms with Crippen LogP contribution < -0.4 is 15.4 Å². The number of carbonyl (C=O) groups is 2. The van der Waals surface area contributed by atoms with Gasteiger partial charge in [0, 0.05) is 24.4 Å². The first-order chi connectivity index (χ1) is 14.9. The van der Waals surface area contributed by atoms with Crippen molar-refractivity contribution in [1.29, 1.82) is 0 Å². The molecule has 1 saturated heterocycles. The molecule has 1 atom stereocenters. The van der Waals surface area contributed by atoms with Crippen LogP contribution in [0.4, 0.5) is 5.69 Å². The molecule has 31 heavy (non-hydrogen) atoms. The van der Waals surface area contributed by atoms with E-state index in [4.69, 9.17) is 9.47 Å². The lowest BCUT2D eigenvalue weighted by atomic mass is 9.82. The molecule has 2 aromatic rings. The molecule has 6 heteroatoms. The number of carbonyl (C=O) groups excluding carboxylic acids is 2. The van der Waals surface area contributed by atoms with Gasteiger partial charge in [-0.1, -0.05) is 32.9 Å². The Kier molecular flexibility index (Phi) is 7.69. The summed E-state index contributed by atoms with van der Waals surface area (Å²) in [7, 11) is 0. The van der Waals surface area contributed by atoms with Gasteiger partial charge in [0.15, 0.2) is 6.61 Å². The second-order valence-electron chi connectivity index (χ2n) is 8.52. The van der Waals surface area contributed by atoms with Crippen LogP contribution in [0.5, 0.6) is 5.75 Å². The molecule has 6 nitrogen and oxygen atoms in total. The van der Waals surface area contributed by atoms with E-state index in [0.717, 1.165) is 25.9 Å². The minimum atomic E-state index is -0.256. The summed E-state index contributed by atoms with van der Waals surface area (Å²) in [6, 6.07) is 14.7. The molecule has 166 valence electrons. The molecule has 0 aromatic heterocycles. The Bertz CT molecular complexity index is 869. The van der Waals surface area contributed by atoms with Gasteiger partial charge in [-0.2, -0.15) is 0 Å². The average molecular weight is 425 g/mol. The molecule has 0 aliphatic carbocycles. The van der Waals surface area contributed by atoms with E-state index < -0.39 is 0 Å². The predicted molar refractivity (Wildman–Crippen MR) is 122 cm³/mol. The van der Waals surface area contributed by atoms with Crippen molar-refractivity contribution in [2.45, 2.75) is 51.6 Å². The summed E-state index contributed by atoms with van der Waals surface area (Å²) in [6.45, 7) is 7.77. The zero-order chi connectivity index (χ0) is 22.3. The van der Waals surface area contributed by atoms with E-state index >= 15 is 0 Å². The van der Waals surface area contributed by atoms with Crippen LogP contribution in [0, 0.1) is 0 Å². The monoisotopic (exact) mass is 424 g/mol. The van der Waals surface area contributed by atoms with E-state index in [2.05, 4.69) is 31.4 Å². The highest BCUT2D eigenvalue weighted by Gasteiger charge is 2.18. The molecule has 0 saturated carbocycles. The fourth-order valence-electron chi connectivity index (χ4n) is 3.37. The van der Waals surface area contributed by atoms with Gasteiger partial charge < -0.3 is 20.1 Å². The number of hydrogen-bond acceptors (Lipinski definition) is 4. The molecule has 1 fully saturated rings. The lowest BCUT2D eigenvalue weighted by Crippen LogP contribution is -2.31. The van der Waals surface area contributed by atoms with Crippen molar-refractivity contribution in [2.75, 3.05) is 25.1 Å². The molecule has 2 N–H and O–H groups in total. The molecule has 1 aliphatic rings. The number of ether oxygens (including phenoxy) is 2. The van der Waals surface area contributed by atoms with Gasteiger partial charge in [0.25, 0.3) is 11.8 Å². The first-order valence-electron chi connectivity index (χ1n) is 10.9. The number of amides is 2. The molecule has 0 bridgehead atoms. The predicted octanol–water partition coefficient (Wildman–Crippen LogP) is 4.30. The summed E-state index contributed by atoms with van der Waals surface area (Å²) in [4.78, 5) is 24.4. The highest BCUT2D eigenvalue weighted by atomic mass is 16.5. The van der Waals surface area contributed by atoms with Gasteiger partial charge in [-0.3, -0.25) is 9.59 Å². The summed E-state index contributed by atoms with van der Waals surface area (Å²) in [5, 5.41) is 5.67. The highest BCUT2D eigenvalue weighted by molar-refractivity contribution is 5.96. The smallest absolute Gasteiger partial charge is 0.262 e. The Morgan fingerprint density at radius 2 is 1.81 bits per heavy atom. The number of benzene rings is 2. The van der Waals surface area contributed by atoms with Crippen LogP contribution in [-0.2, 0) is 14.9 Å². The van der Waals surface area contributed by atoms with Crippen LogP contribution in [0.3, 0.4) is 0 Å². The van der Waals surface area contributed by atoms with E-state index in [1.165, 1.54) is 5.56 Å². The topological polar surface area (TPSA) is 76.7 Å². The molecular weight excluding hydrogens is 392 g/mol. The van der Waals surface area contributed by atoms with Crippen LogP contribution in [-0.4, -0.2) is 37.7 Å². The van der Waals surface area contributed by atoms with E-state index in [-0.39, 0.29) is 29.9 Å². The second kappa shape index (κ2) is 10.4. The third-order valence-corrected chi connectivity index (χ3v) is 5.83. The number of rotatable bonds is 9. The van der Waals surface area contributed by atoms with Crippen LogP contribution in [0.1, 0.15) is 56.0 Å². The molecule has 3 rings (SSSR count). The van der Waals surface area contributed by atoms with Crippen molar-refractivity contribution < 1.29 is 19.1 Å². The van der Waals surface area contributed by atoms with Crippen molar-refractivity contribution in [3.05, 3.63) is 59.7 Å². The lowest BCUT2D eigenvalue weighted by Gasteiger charge is -2.23. The van der Waals surface area contributed by atoms with E-state index in [1.54, 1.807) is 24.3 Å². The average Bonchev–Trinajstić information content (AvgIpc) is 3.30. The Labute approximate surface area is 184 Å². The Morgan fingerprint density at radius 1 is 1.10 bits per heavy atom. The van der Waals surface area contributed by atoms with Gasteiger partial charge in [0.2, 0.25) is 0 Å². The maximum absolute atomic E-state index is 12.2. The number of hydrogen-bond donors (Lipinski definition) is 2. The summed E-state index contributed by atoms with van der Waals surface area (Å²) in [5.41, 5.74) is 2.52. The van der Waals surface area contributed by atoms with Gasteiger partial charge in [-0.25, -0.2) is 0 Å². The first-order valence-corrected chi connectivity index (χ1v) is 10.9. The van der Waals surface area contributed by atoms with E-state index in [1.807, 2.05) is 24.3 Å². The first kappa shape index (κ1) is 22.8. The zero-order valence-corrected chi connectivity index (χ0v) is 18.6. The highest BCUT2D eigenvalue weighted by Crippen LogP contribution is 2.28. The van der Waals surface area contributed by atoms with Crippen molar-refractivity contribution in [2.24, 2.45) is 0 Å². The van der Waals surface area contributed by atoms with Gasteiger partial charge in [-0.05, 0) is 66.6 Å². The summed E-state index contributed by atoms with van der Waals surface area (Å²) in [5.74, 6) is 0.254. The summed E-state index contributed by atoms with van der Waals surface area (Å²) < 4.78 is 11.1. The Hall–Kier alpha value is -2.86. The molecule has 0 radical (unpaired) electrons. The normalized spacial score (nSPS) is 16.0. The van der Waals surface area contributed by atoms with Crippen LogP contribution >= 0.6 is 0 Å². The third-order valence-electron chi connectivity index (χ3n) is 5.83. The van der Waals surface area contributed by atoms with Crippen molar-refractivity contribution in [1.82, 2.24) is 5.32 Å². The number of anilines is 1.